The van der Waals surface area contributed by atoms with Crippen LogP contribution in [-0.4, -0.2) is 43.3 Å². The second kappa shape index (κ2) is 9.78. The number of nitrogens with one attached hydrogen (secondary N) is 3. The first-order valence-electron chi connectivity index (χ1n) is 10.6. The maximum atomic E-state index is 13.5. The number of pyridine rings is 1. The Bertz CT molecular complexity index is 1480. The van der Waals surface area contributed by atoms with Gasteiger partial charge in [0.05, 0.1) is 32.5 Å². The zero-order valence-corrected chi connectivity index (χ0v) is 20.3. The molecular weight excluding hydrogens is 522 g/mol. The predicted octanol–water partition coefficient (Wildman–Crippen LogP) is 5.17. The molecule has 3 aromatic heterocycles. The third kappa shape index (κ3) is 4.73. The molecule has 0 atom stereocenters. The van der Waals surface area contributed by atoms with Gasteiger partial charge in [-0.3, -0.25) is 14.7 Å². The van der Waals surface area contributed by atoms with Gasteiger partial charge in [0.2, 0.25) is 0 Å². The van der Waals surface area contributed by atoms with Crippen LogP contribution in [0, 0.1) is 6.92 Å². The molecule has 188 valence electrons. The van der Waals surface area contributed by atoms with Gasteiger partial charge in [-0.15, -0.1) is 0 Å². The predicted molar refractivity (Wildman–Crippen MR) is 128 cm³/mol. The van der Waals surface area contributed by atoms with Crippen molar-refractivity contribution in [3.63, 3.8) is 0 Å². The molecule has 4 aromatic rings. The van der Waals surface area contributed by atoms with E-state index in [1.54, 1.807) is 6.92 Å². The number of hydrogen-bond donors (Lipinski definition) is 3. The molecule has 2 amide bonds. The maximum absolute atomic E-state index is 13.5. The van der Waals surface area contributed by atoms with E-state index in [1.807, 2.05) is 6.92 Å². The lowest BCUT2D eigenvalue weighted by Gasteiger charge is -2.15. The quantitative estimate of drug-likeness (QED) is 0.312. The highest BCUT2D eigenvalue weighted by atomic mass is 35.5. The average molecular weight is 540 g/mol. The molecule has 0 saturated carbocycles. The lowest BCUT2D eigenvalue weighted by Crippen LogP contribution is -2.27. The highest BCUT2D eigenvalue weighted by Crippen LogP contribution is 2.35. The molecule has 0 fully saturated rings. The molecule has 14 heteroatoms. The number of hydrogen-bond acceptors (Lipinski definition) is 5. The van der Waals surface area contributed by atoms with Crippen molar-refractivity contribution in [3.05, 3.63) is 63.2 Å². The zero-order valence-electron chi connectivity index (χ0n) is 18.8. The summed E-state index contributed by atoms with van der Waals surface area (Å²) in [6, 6.07) is 4.92. The van der Waals surface area contributed by atoms with E-state index in [4.69, 9.17) is 23.2 Å². The minimum Gasteiger partial charge on any atom is -0.352 e. The number of nitrogens with zero attached hydrogens (tertiary/aromatic N) is 4. The summed E-state index contributed by atoms with van der Waals surface area (Å²) in [5.74, 6) is -1.77. The van der Waals surface area contributed by atoms with Crippen LogP contribution in [0.2, 0.25) is 10.0 Å². The van der Waals surface area contributed by atoms with E-state index in [9.17, 15) is 22.8 Å². The van der Waals surface area contributed by atoms with Gasteiger partial charge >= 0.3 is 6.18 Å². The molecule has 0 aliphatic rings. The fourth-order valence-corrected chi connectivity index (χ4v) is 3.93. The van der Waals surface area contributed by atoms with Gasteiger partial charge in [-0.1, -0.05) is 30.1 Å². The van der Waals surface area contributed by atoms with Gasteiger partial charge in [0, 0.05) is 24.2 Å². The molecule has 0 bridgehead atoms. The van der Waals surface area contributed by atoms with Crippen molar-refractivity contribution < 1.29 is 22.8 Å². The first kappa shape index (κ1) is 25.5. The Labute approximate surface area is 212 Å². The van der Waals surface area contributed by atoms with E-state index < -0.39 is 29.4 Å². The number of benzene rings is 1. The Morgan fingerprint density at radius 2 is 1.92 bits per heavy atom. The number of halogens is 5. The summed E-state index contributed by atoms with van der Waals surface area (Å²) in [7, 11) is 0. The molecule has 4 rings (SSSR count). The van der Waals surface area contributed by atoms with Gasteiger partial charge in [0.15, 0.2) is 11.5 Å². The van der Waals surface area contributed by atoms with Crippen LogP contribution < -0.4 is 10.6 Å². The number of amides is 2. The molecular formula is C22H18Cl2F3N7O2. The molecule has 3 heterocycles. The zero-order chi connectivity index (χ0) is 26.2. The van der Waals surface area contributed by atoms with E-state index >= 15 is 0 Å². The topological polar surface area (TPSA) is 118 Å². The Hall–Kier alpha value is -3.64. The first-order chi connectivity index (χ1) is 17.0. The number of aromatic nitrogens is 5. The Balaban J connectivity index is 1.85. The number of H-pyrrole nitrogens is 1. The highest BCUT2D eigenvalue weighted by Gasteiger charge is 2.37. The summed E-state index contributed by atoms with van der Waals surface area (Å²) >= 11 is 12.5. The van der Waals surface area contributed by atoms with Crippen LogP contribution in [0.1, 0.15) is 45.6 Å². The molecule has 0 aliphatic heterocycles. The Morgan fingerprint density at radius 1 is 1.17 bits per heavy atom. The molecule has 0 spiro atoms. The number of aryl methyl sites for hydroxylation is 1. The summed E-state index contributed by atoms with van der Waals surface area (Å²) in [6.45, 7) is 3.90. The number of aromatic amines is 1. The van der Waals surface area contributed by atoms with Crippen molar-refractivity contribution in [3.8, 4) is 5.82 Å². The lowest BCUT2D eigenvalue weighted by atomic mass is 10.1. The van der Waals surface area contributed by atoms with Crippen LogP contribution in [0.25, 0.3) is 16.7 Å². The second-order valence-corrected chi connectivity index (χ2v) is 8.50. The summed E-state index contributed by atoms with van der Waals surface area (Å²) in [6.07, 6.45) is -2.92. The van der Waals surface area contributed by atoms with Crippen LogP contribution in [0.5, 0.6) is 0 Å². The van der Waals surface area contributed by atoms with Crippen molar-refractivity contribution in [2.45, 2.75) is 26.4 Å². The molecule has 0 radical (unpaired) electrons. The molecule has 1 aromatic carbocycles. The van der Waals surface area contributed by atoms with E-state index in [0.717, 1.165) is 0 Å². The van der Waals surface area contributed by atoms with Crippen LogP contribution in [0.3, 0.4) is 0 Å². The van der Waals surface area contributed by atoms with Gasteiger partial charge in [0.1, 0.15) is 5.69 Å². The molecule has 0 saturated heterocycles. The van der Waals surface area contributed by atoms with Gasteiger partial charge in [-0.25, -0.2) is 9.67 Å². The largest absolute Gasteiger partial charge is 0.435 e. The second-order valence-electron chi connectivity index (χ2n) is 7.68. The van der Waals surface area contributed by atoms with E-state index in [2.05, 4.69) is 30.9 Å². The molecule has 9 nitrogen and oxygen atoms in total. The number of carbonyl (C=O) groups excluding carboxylic acids is 2. The highest BCUT2D eigenvalue weighted by molar-refractivity contribution is 6.36. The first-order valence-corrected chi connectivity index (χ1v) is 11.3. The number of carbonyl (C=O) groups is 2. The van der Waals surface area contributed by atoms with Crippen molar-refractivity contribution in [2.24, 2.45) is 0 Å². The minimum atomic E-state index is -4.85. The standard InChI is InChI=1S/C22H18Cl2F3N7O2/c1-3-6-29-21(36)16-17-11(10(2)31-32-17)8-13(24)18(16)30-20(35)14-9-15(22(25,26)27)33-34(14)19-12(23)5-4-7-28-19/h4-5,7-9H,3,6H2,1-2H3,(H,29,36)(H,30,35)(H,31,32). The third-order valence-electron chi connectivity index (χ3n) is 5.18. The number of alkyl halides is 3. The summed E-state index contributed by atoms with van der Waals surface area (Å²) < 4.78 is 41.1. The van der Waals surface area contributed by atoms with E-state index in [1.165, 1.54) is 24.4 Å². The van der Waals surface area contributed by atoms with Gasteiger partial charge < -0.3 is 10.6 Å². The van der Waals surface area contributed by atoms with Crippen LogP contribution in [0.4, 0.5) is 18.9 Å². The summed E-state index contributed by atoms with van der Waals surface area (Å²) in [4.78, 5) is 30.3. The smallest absolute Gasteiger partial charge is 0.352 e. The maximum Gasteiger partial charge on any atom is 0.435 e. The molecule has 0 unspecified atom stereocenters. The normalized spacial score (nSPS) is 11.6. The fraction of sp³-hybridized carbons (Fsp3) is 0.227. The van der Waals surface area contributed by atoms with Crippen molar-refractivity contribution in [1.82, 2.24) is 30.3 Å². The number of rotatable bonds is 6. The summed E-state index contributed by atoms with van der Waals surface area (Å²) in [5.41, 5.74) is -1.12. The monoisotopic (exact) mass is 539 g/mol. The molecule has 0 aliphatic carbocycles. The van der Waals surface area contributed by atoms with Gasteiger partial charge in [0.25, 0.3) is 11.8 Å². The van der Waals surface area contributed by atoms with Crippen LogP contribution >= 0.6 is 23.2 Å². The van der Waals surface area contributed by atoms with Gasteiger partial charge in [-0.2, -0.15) is 23.4 Å². The Morgan fingerprint density at radius 3 is 2.58 bits per heavy atom. The van der Waals surface area contributed by atoms with Gasteiger partial charge in [-0.05, 0) is 31.5 Å². The molecule has 3 N–H and O–H groups in total. The minimum absolute atomic E-state index is 0.0139. The van der Waals surface area contributed by atoms with Crippen LogP contribution in [0.15, 0.2) is 30.5 Å². The van der Waals surface area contributed by atoms with Crippen LogP contribution in [-0.2, 0) is 6.18 Å². The number of anilines is 1. The SMILES string of the molecule is CCCNC(=O)c1c(NC(=O)c2cc(C(F)(F)F)nn2-c2ncccc2Cl)c(Cl)cc2c(C)n[nH]c12. The van der Waals surface area contributed by atoms with Crippen molar-refractivity contribution in [1.29, 1.82) is 0 Å². The van der Waals surface area contributed by atoms with Crippen molar-refractivity contribution >= 4 is 51.6 Å². The van der Waals surface area contributed by atoms with Crippen molar-refractivity contribution in [2.75, 3.05) is 11.9 Å². The third-order valence-corrected chi connectivity index (χ3v) is 5.77. The molecule has 36 heavy (non-hydrogen) atoms. The van der Waals surface area contributed by atoms with E-state index in [-0.39, 0.29) is 27.1 Å². The summed E-state index contributed by atoms with van der Waals surface area (Å²) in [5, 5.41) is 16.0. The lowest BCUT2D eigenvalue weighted by molar-refractivity contribution is -0.141. The number of fused-ring (bicyclic) bond motifs is 1. The average Bonchev–Trinajstić information content (AvgIpc) is 3.43. The Kier molecular flexibility index (Phi) is 6.92. The van der Waals surface area contributed by atoms with E-state index in [0.29, 0.717) is 40.3 Å². The fourth-order valence-electron chi connectivity index (χ4n) is 3.48.